The van der Waals surface area contributed by atoms with Crippen molar-refractivity contribution in [3.05, 3.63) is 0 Å². The fourth-order valence-corrected chi connectivity index (χ4v) is 2.41. The number of ether oxygens (including phenoxy) is 1. The first-order valence-electron chi connectivity index (χ1n) is 7.20. The maximum atomic E-state index is 12.2. The van der Waals surface area contributed by atoms with Crippen LogP contribution in [0.1, 0.15) is 60.8 Å². The van der Waals surface area contributed by atoms with E-state index in [9.17, 15) is 9.90 Å². The molecule has 0 bridgehead atoms. The molecule has 0 unspecified atom stereocenters. The molecule has 0 aromatic rings. The Morgan fingerprint density at radius 3 is 2.26 bits per heavy atom. The van der Waals surface area contributed by atoms with Crippen LogP contribution < -0.4 is 0 Å². The highest BCUT2D eigenvalue weighted by atomic mass is 16.6. The van der Waals surface area contributed by atoms with Crippen LogP contribution in [0, 0.1) is 5.41 Å². The highest BCUT2D eigenvalue weighted by Gasteiger charge is 2.39. The number of hydrogen-bond acceptors (Lipinski definition) is 3. The number of nitrogens with zero attached hydrogens (tertiary/aromatic N) is 1. The monoisotopic (exact) mass is 271 g/mol. The molecule has 1 aliphatic heterocycles. The van der Waals surface area contributed by atoms with E-state index in [0.29, 0.717) is 6.54 Å². The van der Waals surface area contributed by atoms with E-state index in [1.165, 1.54) is 0 Å². The van der Waals surface area contributed by atoms with E-state index < -0.39 is 11.7 Å². The van der Waals surface area contributed by atoms with Gasteiger partial charge in [-0.2, -0.15) is 0 Å². The van der Waals surface area contributed by atoms with E-state index in [1.807, 2.05) is 41.5 Å². The highest BCUT2D eigenvalue weighted by Crippen LogP contribution is 2.30. The van der Waals surface area contributed by atoms with E-state index in [1.54, 1.807) is 4.90 Å². The molecule has 2 atom stereocenters. The van der Waals surface area contributed by atoms with Crippen molar-refractivity contribution in [2.24, 2.45) is 5.41 Å². The maximum absolute atomic E-state index is 12.2. The van der Waals surface area contributed by atoms with Gasteiger partial charge in [0.1, 0.15) is 5.60 Å². The summed E-state index contributed by atoms with van der Waals surface area (Å²) < 4.78 is 5.45. The summed E-state index contributed by atoms with van der Waals surface area (Å²) in [5.41, 5.74) is -0.728. The van der Waals surface area contributed by atoms with Crippen LogP contribution in [0.2, 0.25) is 0 Å². The van der Waals surface area contributed by atoms with E-state index in [0.717, 1.165) is 19.3 Å². The standard InChI is InChI=1S/C15H29NO3/c1-14(2,3)12(17)11-9-7-8-10-16(11)13(18)19-15(4,5)6/h11-12,17H,7-10H2,1-6H3/t11-,12-/m1/s1. The van der Waals surface area contributed by atoms with Gasteiger partial charge in [0, 0.05) is 6.54 Å². The molecule has 1 amide bonds. The zero-order valence-corrected chi connectivity index (χ0v) is 13.2. The third-order valence-corrected chi connectivity index (χ3v) is 3.43. The molecule has 4 nitrogen and oxygen atoms in total. The molecule has 1 rings (SSSR count). The van der Waals surface area contributed by atoms with Crippen molar-refractivity contribution < 1.29 is 14.6 Å². The summed E-state index contributed by atoms with van der Waals surface area (Å²) in [4.78, 5) is 14.0. The van der Waals surface area contributed by atoms with Crippen molar-refractivity contribution in [1.29, 1.82) is 0 Å². The molecule has 1 aliphatic rings. The van der Waals surface area contributed by atoms with Crippen LogP contribution in [-0.2, 0) is 4.74 Å². The second kappa shape index (κ2) is 5.70. The molecular weight excluding hydrogens is 242 g/mol. The lowest BCUT2D eigenvalue weighted by molar-refractivity contribution is -0.0467. The van der Waals surface area contributed by atoms with E-state index >= 15 is 0 Å². The SMILES string of the molecule is CC(C)(C)OC(=O)N1CCCC[C@@H]1[C@@H](O)C(C)(C)C. The van der Waals surface area contributed by atoms with Crippen LogP contribution in [0.5, 0.6) is 0 Å². The molecule has 0 radical (unpaired) electrons. The minimum Gasteiger partial charge on any atom is -0.444 e. The fourth-order valence-electron chi connectivity index (χ4n) is 2.41. The molecule has 1 saturated heterocycles. The Balaban J connectivity index is 2.81. The van der Waals surface area contributed by atoms with Gasteiger partial charge in [-0.25, -0.2) is 4.79 Å². The summed E-state index contributed by atoms with van der Waals surface area (Å²) in [6, 6.07) is -0.136. The average molecular weight is 271 g/mol. The van der Waals surface area contributed by atoms with Crippen molar-refractivity contribution in [2.75, 3.05) is 6.54 Å². The van der Waals surface area contributed by atoms with Crippen molar-refractivity contribution in [2.45, 2.75) is 78.6 Å². The summed E-state index contributed by atoms with van der Waals surface area (Å²) in [5, 5.41) is 10.5. The van der Waals surface area contributed by atoms with Crippen molar-refractivity contribution in [3.63, 3.8) is 0 Å². The summed E-state index contributed by atoms with van der Waals surface area (Å²) in [7, 11) is 0. The van der Waals surface area contributed by atoms with Gasteiger partial charge in [-0.15, -0.1) is 0 Å². The highest BCUT2D eigenvalue weighted by molar-refractivity contribution is 5.68. The number of rotatable bonds is 1. The van der Waals surface area contributed by atoms with E-state index in [-0.39, 0.29) is 17.6 Å². The number of carbonyl (C=O) groups excluding carboxylic acids is 1. The second-order valence-corrected chi connectivity index (χ2v) is 7.55. The molecule has 0 saturated carbocycles. The van der Waals surface area contributed by atoms with Gasteiger partial charge in [0.05, 0.1) is 12.1 Å². The number of piperidine rings is 1. The zero-order valence-electron chi connectivity index (χ0n) is 13.2. The quantitative estimate of drug-likeness (QED) is 0.797. The number of aliphatic hydroxyl groups is 1. The zero-order chi connectivity index (χ0) is 14.8. The van der Waals surface area contributed by atoms with Crippen molar-refractivity contribution in [3.8, 4) is 0 Å². The van der Waals surface area contributed by atoms with Crippen LogP contribution >= 0.6 is 0 Å². The lowest BCUT2D eigenvalue weighted by Crippen LogP contribution is -2.54. The van der Waals surface area contributed by atoms with Crippen molar-refractivity contribution >= 4 is 6.09 Å². The Morgan fingerprint density at radius 2 is 1.79 bits per heavy atom. The fraction of sp³-hybridized carbons (Fsp3) is 0.933. The van der Waals surface area contributed by atoms with Crippen LogP contribution in [0.25, 0.3) is 0 Å². The van der Waals surface area contributed by atoms with Crippen molar-refractivity contribution in [1.82, 2.24) is 4.90 Å². The molecule has 1 heterocycles. The van der Waals surface area contributed by atoms with Gasteiger partial charge in [-0.1, -0.05) is 20.8 Å². The first-order chi connectivity index (χ1) is 8.52. The van der Waals surface area contributed by atoms with Crippen LogP contribution in [0.3, 0.4) is 0 Å². The number of hydrogen-bond donors (Lipinski definition) is 1. The third kappa shape index (κ3) is 4.68. The predicted octanol–water partition coefficient (Wildman–Crippen LogP) is 3.18. The summed E-state index contributed by atoms with van der Waals surface area (Å²) >= 11 is 0. The van der Waals surface area contributed by atoms with E-state index in [2.05, 4.69) is 0 Å². The number of carbonyl (C=O) groups is 1. The summed E-state index contributed by atoms with van der Waals surface area (Å²) in [5.74, 6) is 0. The minimum absolute atomic E-state index is 0.136. The molecule has 4 heteroatoms. The molecule has 19 heavy (non-hydrogen) atoms. The molecular formula is C15H29NO3. The molecule has 112 valence electrons. The maximum Gasteiger partial charge on any atom is 0.410 e. The Kier molecular flexibility index (Phi) is 4.88. The van der Waals surface area contributed by atoms with Gasteiger partial charge >= 0.3 is 6.09 Å². The topological polar surface area (TPSA) is 49.8 Å². The molecule has 1 fully saturated rings. The van der Waals surface area contributed by atoms with Gasteiger partial charge in [0.2, 0.25) is 0 Å². The van der Waals surface area contributed by atoms with Crippen LogP contribution in [-0.4, -0.2) is 40.4 Å². The van der Waals surface area contributed by atoms with Gasteiger partial charge in [0.25, 0.3) is 0 Å². The molecule has 0 aromatic carbocycles. The predicted molar refractivity (Wildman–Crippen MR) is 76.0 cm³/mol. The van der Waals surface area contributed by atoms with Gasteiger partial charge < -0.3 is 14.7 Å². The first kappa shape index (κ1) is 16.3. The second-order valence-electron chi connectivity index (χ2n) is 7.55. The van der Waals surface area contributed by atoms with E-state index in [4.69, 9.17) is 4.74 Å². The molecule has 0 aromatic heterocycles. The lowest BCUT2D eigenvalue weighted by atomic mass is 9.81. The Labute approximate surface area is 117 Å². The normalized spacial score (nSPS) is 23.1. The number of amides is 1. The Bertz CT molecular complexity index is 314. The van der Waals surface area contributed by atoms with Crippen LogP contribution in [0.15, 0.2) is 0 Å². The van der Waals surface area contributed by atoms with Gasteiger partial charge in [-0.05, 0) is 45.4 Å². The number of aliphatic hydroxyl groups excluding tert-OH is 1. The van der Waals surface area contributed by atoms with Gasteiger partial charge in [-0.3, -0.25) is 0 Å². The smallest absolute Gasteiger partial charge is 0.410 e. The summed E-state index contributed by atoms with van der Waals surface area (Å²) in [6.07, 6.45) is 2.04. The third-order valence-electron chi connectivity index (χ3n) is 3.43. The molecule has 0 spiro atoms. The minimum atomic E-state index is -0.527. The molecule has 0 aliphatic carbocycles. The summed E-state index contributed by atoms with van der Waals surface area (Å²) in [6.45, 7) is 12.3. The lowest BCUT2D eigenvalue weighted by Gasteiger charge is -2.42. The van der Waals surface area contributed by atoms with Gasteiger partial charge in [0.15, 0.2) is 0 Å². The molecule has 1 N–H and O–H groups in total. The number of likely N-dealkylation sites (tertiary alicyclic amines) is 1. The van der Waals surface area contributed by atoms with Crippen LogP contribution in [0.4, 0.5) is 4.79 Å². The largest absolute Gasteiger partial charge is 0.444 e. The average Bonchev–Trinajstić information content (AvgIpc) is 2.24. The Hall–Kier alpha value is -0.770. The first-order valence-corrected chi connectivity index (χ1v) is 7.20. The Morgan fingerprint density at radius 1 is 1.21 bits per heavy atom.